The smallest absolute Gasteiger partial charge is 0.120 e. The van der Waals surface area contributed by atoms with Gasteiger partial charge in [0.05, 0.1) is 0 Å². The average molecular weight is 181 g/mol. The van der Waals surface area contributed by atoms with Crippen LogP contribution in [-0.4, -0.2) is 10.2 Å². The highest BCUT2D eigenvalue weighted by Crippen LogP contribution is 2.28. The van der Waals surface area contributed by atoms with Gasteiger partial charge in [-0.1, -0.05) is 13.3 Å². The SMILES string of the molecule is CCC[C@@H](N)c1cc(O)ccc1O. The van der Waals surface area contributed by atoms with Gasteiger partial charge in [-0.15, -0.1) is 0 Å². The number of nitrogens with two attached hydrogens (primary N) is 1. The highest BCUT2D eigenvalue weighted by atomic mass is 16.3. The molecule has 1 aromatic carbocycles. The van der Waals surface area contributed by atoms with E-state index in [1.807, 2.05) is 6.92 Å². The molecule has 72 valence electrons. The van der Waals surface area contributed by atoms with E-state index in [1.165, 1.54) is 18.2 Å². The van der Waals surface area contributed by atoms with Crippen LogP contribution in [0.2, 0.25) is 0 Å². The number of hydrogen-bond donors (Lipinski definition) is 3. The zero-order valence-electron chi connectivity index (χ0n) is 7.70. The van der Waals surface area contributed by atoms with Gasteiger partial charge in [-0.25, -0.2) is 0 Å². The van der Waals surface area contributed by atoms with Gasteiger partial charge in [0, 0.05) is 11.6 Å². The fourth-order valence-corrected chi connectivity index (χ4v) is 1.31. The summed E-state index contributed by atoms with van der Waals surface area (Å²) in [6, 6.07) is 4.21. The van der Waals surface area contributed by atoms with E-state index in [4.69, 9.17) is 5.73 Å². The summed E-state index contributed by atoms with van der Waals surface area (Å²) < 4.78 is 0. The van der Waals surface area contributed by atoms with Crippen molar-refractivity contribution in [1.29, 1.82) is 0 Å². The Morgan fingerprint density at radius 2 is 2.08 bits per heavy atom. The van der Waals surface area contributed by atoms with Gasteiger partial charge in [-0.3, -0.25) is 0 Å². The first-order valence-corrected chi connectivity index (χ1v) is 4.42. The summed E-state index contributed by atoms with van der Waals surface area (Å²) >= 11 is 0. The van der Waals surface area contributed by atoms with E-state index in [0.29, 0.717) is 5.56 Å². The lowest BCUT2D eigenvalue weighted by molar-refractivity contribution is 0.445. The minimum Gasteiger partial charge on any atom is -0.508 e. The fraction of sp³-hybridized carbons (Fsp3) is 0.400. The van der Waals surface area contributed by atoms with Crippen molar-refractivity contribution in [3.8, 4) is 11.5 Å². The molecule has 4 N–H and O–H groups in total. The molecular formula is C10H15NO2. The van der Waals surface area contributed by atoms with Crippen molar-refractivity contribution in [2.45, 2.75) is 25.8 Å². The molecular weight excluding hydrogens is 166 g/mol. The van der Waals surface area contributed by atoms with Crippen LogP contribution in [0.1, 0.15) is 31.4 Å². The summed E-state index contributed by atoms with van der Waals surface area (Å²) in [7, 11) is 0. The molecule has 1 atom stereocenters. The van der Waals surface area contributed by atoms with Crippen LogP contribution >= 0.6 is 0 Å². The molecule has 0 radical (unpaired) electrons. The van der Waals surface area contributed by atoms with Gasteiger partial charge in [-0.2, -0.15) is 0 Å². The maximum absolute atomic E-state index is 9.44. The van der Waals surface area contributed by atoms with E-state index in [1.54, 1.807) is 0 Å². The Balaban J connectivity index is 2.91. The summed E-state index contributed by atoms with van der Waals surface area (Å²) in [5.41, 5.74) is 6.42. The fourth-order valence-electron chi connectivity index (χ4n) is 1.31. The van der Waals surface area contributed by atoms with Gasteiger partial charge in [0.25, 0.3) is 0 Å². The van der Waals surface area contributed by atoms with E-state index in [9.17, 15) is 10.2 Å². The highest BCUT2D eigenvalue weighted by Gasteiger charge is 2.10. The quantitative estimate of drug-likeness (QED) is 0.624. The third-order valence-corrected chi connectivity index (χ3v) is 2.01. The maximum atomic E-state index is 9.44. The Hall–Kier alpha value is -1.22. The largest absolute Gasteiger partial charge is 0.508 e. The lowest BCUT2D eigenvalue weighted by Gasteiger charge is -2.12. The van der Waals surface area contributed by atoms with Gasteiger partial charge in [0.1, 0.15) is 11.5 Å². The number of benzene rings is 1. The Morgan fingerprint density at radius 3 is 2.69 bits per heavy atom. The Bertz CT molecular complexity index is 286. The number of aromatic hydroxyl groups is 2. The summed E-state index contributed by atoms with van der Waals surface area (Å²) in [6.45, 7) is 2.03. The Morgan fingerprint density at radius 1 is 1.38 bits per heavy atom. The van der Waals surface area contributed by atoms with E-state index in [2.05, 4.69) is 0 Å². The molecule has 0 aromatic heterocycles. The molecule has 1 rings (SSSR count). The predicted molar refractivity (Wildman–Crippen MR) is 51.6 cm³/mol. The molecule has 3 heteroatoms. The molecule has 0 unspecified atom stereocenters. The molecule has 0 heterocycles. The normalized spacial score (nSPS) is 12.8. The van der Waals surface area contributed by atoms with Gasteiger partial charge < -0.3 is 15.9 Å². The average Bonchev–Trinajstić information content (AvgIpc) is 2.09. The van der Waals surface area contributed by atoms with Crippen molar-refractivity contribution in [1.82, 2.24) is 0 Å². The van der Waals surface area contributed by atoms with Crippen LogP contribution < -0.4 is 5.73 Å². The van der Waals surface area contributed by atoms with Crippen LogP contribution in [0.15, 0.2) is 18.2 Å². The van der Waals surface area contributed by atoms with Crippen molar-refractivity contribution in [3.05, 3.63) is 23.8 Å². The molecule has 1 aromatic rings. The maximum Gasteiger partial charge on any atom is 0.120 e. The first-order valence-electron chi connectivity index (χ1n) is 4.42. The monoisotopic (exact) mass is 181 g/mol. The summed E-state index contributed by atoms with van der Waals surface area (Å²) in [6.07, 6.45) is 1.76. The first kappa shape index (κ1) is 9.86. The zero-order valence-corrected chi connectivity index (χ0v) is 7.70. The minimum atomic E-state index is -0.197. The van der Waals surface area contributed by atoms with Crippen LogP contribution in [0, 0.1) is 0 Å². The standard InChI is InChI=1S/C10H15NO2/c1-2-3-9(11)8-6-7(12)4-5-10(8)13/h4-6,9,12-13H,2-3,11H2,1H3/t9-/m1/s1. The molecule has 0 aliphatic rings. The minimum absolute atomic E-state index is 0.138. The van der Waals surface area contributed by atoms with Crippen LogP contribution in [0.4, 0.5) is 0 Å². The number of hydrogen-bond acceptors (Lipinski definition) is 3. The van der Waals surface area contributed by atoms with Crippen molar-refractivity contribution in [2.24, 2.45) is 5.73 Å². The van der Waals surface area contributed by atoms with E-state index in [0.717, 1.165) is 12.8 Å². The van der Waals surface area contributed by atoms with Crippen molar-refractivity contribution >= 4 is 0 Å². The topological polar surface area (TPSA) is 66.5 Å². The molecule has 0 aliphatic carbocycles. The van der Waals surface area contributed by atoms with Crippen molar-refractivity contribution in [2.75, 3.05) is 0 Å². The second kappa shape index (κ2) is 4.14. The lowest BCUT2D eigenvalue weighted by atomic mass is 10.0. The van der Waals surface area contributed by atoms with Crippen LogP contribution in [0.3, 0.4) is 0 Å². The molecule has 0 fully saturated rings. The summed E-state index contributed by atoms with van der Waals surface area (Å²) in [5, 5.41) is 18.6. The molecule has 0 bridgehead atoms. The lowest BCUT2D eigenvalue weighted by Crippen LogP contribution is -2.09. The Labute approximate surface area is 77.8 Å². The Kier molecular flexibility index (Phi) is 3.14. The van der Waals surface area contributed by atoms with Crippen LogP contribution in [0.5, 0.6) is 11.5 Å². The zero-order chi connectivity index (χ0) is 9.84. The first-order chi connectivity index (χ1) is 6.15. The van der Waals surface area contributed by atoms with Gasteiger partial charge in [0.2, 0.25) is 0 Å². The third kappa shape index (κ3) is 2.36. The summed E-state index contributed by atoms with van der Waals surface area (Å²) in [5.74, 6) is 0.290. The molecule has 13 heavy (non-hydrogen) atoms. The van der Waals surface area contributed by atoms with Gasteiger partial charge >= 0.3 is 0 Å². The van der Waals surface area contributed by atoms with Gasteiger partial charge in [-0.05, 0) is 24.6 Å². The second-order valence-electron chi connectivity index (χ2n) is 3.14. The van der Waals surface area contributed by atoms with E-state index >= 15 is 0 Å². The third-order valence-electron chi connectivity index (χ3n) is 2.01. The van der Waals surface area contributed by atoms with E-state index < -0.39 is 0 Å². The van der Waals surface area contributed by atoms with Crippen LogP contribution in [-0.2, 0) is 0 Å². The number of rotatable bonds is 3. The van der Waals surface area contributed by atoms with Crippen molar-refractivity contribution in [3.63, 3.8) is 0 Å². The second-order valence-corrected chi connectivity index (χ2v) is 3.14. The highest BCUT2D eigenvalue weighted by molar-refractivity contribution is 5.40. The molecule has 0 saturated carbocycles. The van der Waals surface area contributed by atoms with E-state index in [-0.39, 0.29) is 17.5 Å². The van der Waals surface area contributed by atoms with Crippen LogP contribution in [0.25, 0.3) is 0 Å². The number of phenols is 2. The van der Waals surface area contributed by atoms with Crippen molar-refractivity contribution < 1.29 is 10.2 Å². The molecule has 0 amide bonds. The van der Waals surface area contributed by atoms with Gasteiger partial charge in [0.15, 0.2) is 0 Å². The molecule has 0 saturated heterocycles. The molecule has 3 nitrogen and oxygen atoms in total. The molecule has 0 aliphatic heterocycles. The predicted octanol–water partition coefficient (Wildman–Crippen LogP) is 1.90. The number of phenolic OH excluding ortho intramolecular Hbond substituents is 2. The summed E-state index contributed by atoms with van der Waals surface area (Å²) in [4.78, 5) is 0. The molecule has 0 spiro atoms.